The van der Waals surface area contributed by atoms with Crippen LogP contribution in [0.2, 0.25) is 0 Å². The molecule has 19 heavy (non-hydrogen) atoms. The molecule has 1 amide bonds. The Bertz CT molecular complexity index is 422. The minimum Gasteiger partial charge on any atom is -0.404 e. The fourth-order valence-corrected chi connectivity index (χ4v) is 1.74. The number of nitrogens with two attached hydrogens (primary N) is 2. The highest BCUT2D eigenvalue weighted by Gasteiger charge is 2.20. The van der Waals surface area contributed by atoms with Gasteiger partial charge >= 0.3 is 0 Å². The summed E-state index contributed by atoms with van der Waals surface area (Å²) in [5.74, 6) is -0.468. The van der Waals surface area contributed by atoms with Crippen molar-refractivity contribution in [1.29, 1.82) is 10.8 Å². The molecule has 1 fully saturated rings. The molecule has 7 heteroatoms. The van der Waals surface area contributed by atoms with E-state index in [-0.39, 0.29) is 23.0 Å². The van der Waals surface area contributed by atoms with Crippen LogP contribution in [0, 0.1) is 10.8 Å². The van der Waals surface area contributed by atoms with Crippen LogP contribution >= 0.6 is 0 Å². The van der Waals surface area contributed by atoms with Crippen LogP contribution in [0.4, 0.5) is 0 Å². The van der Waals surface area contributed by atoms with E-state index in [0.717, 1.165) is 31.5 Å². The van der Waals surface area contributed by atoms with Crippen molar-refractivity contribution in [2.24, 2.45) is 11.5 Å². The monoisotopic (exact) mass is 265 g/mol. The highest BCUT2D eigenvalue weighted by Crippen LogP contribution is 2.11. The summed E-state index contributed by atoms with van der Waals surface area (Å²) in [6.45, 7) is 1.10. The Labute approximate surface area is 111 Å². The molecule has 1 aliphatic heterocycles. The molecule has 0 spiro atoms. The van der Waals surface area contributed by atoms with Crippen LogP contribution in [0.5, 0.6) is 0 Å². The molecule has 1 rings (SSSR count). The number of nitrogens with one attached hydrogen (secondary N) is 3. The lowest BCUT2D eigenvalue weighted by Crippen LogP contribution is -2.35. The van der Waals surface area contributed by atoms with E-state index in [1.807, 2.05) is 0 Å². The molecule has 0 aromatic rings. The molecule has 1 saturated heterocycles. The molecule has 7 N–H and O–H groups in total. The van der Waals surface area contributed by atoms with Gasteiger partial charge in [-0.25, -0.2) is 0 Å². The van der Waals surface area contributed by atoms with Gasteiger partial charge in [-0.1, -0.05) is 0 Å². The van der Waals surface area contributed by atoms with Crippen molar-refractivity contribution >= 4 is 17.8 Å². The van der Waals surface area contributed by atoms with E-state index in [1.165, 1.54) is 0 Å². The van der Waals surface area contributed by atoms with Crippen molar-refractivity contribution < 1.29 is 9.53 Å². The second-order valence-corrected chi connectivity index (χ2v) is 4.07. The van der Waals surface area contributed by atoms with E-state index in [4.69, 9.17) is 27.0 Å². The third-order valence-electron chi connectivity index (χ3n) is 2.82. The maximum absolute atomic E-state index is 11.9. The average molecular weight is 265 g/mol. The largest absolute Gasteiger partial charge is 0.404 e. The molecule has 0 bridgehead atoms. The van der Waals surface area contributed by atoms with Crippen molar-refractivity contribution in [2.45, 2.75) is 18.9 Å². The topological polar surface area (TPSA) is 138 Å². The van der Waals surface area contributed by atoms with Crippen LogP contribution in [0.3, 0.4) is 0 Å². The summed E-state index contributed by atoms with van der Waals surface area (Å²) in [7, 11) is 0. The van der Waals surface area contributed by atoms with Crippen LogP contribution in [-0.4, -0.2) is 37.1 Å². The zero-order chi connectivity index (χ0) is 14.3. The van der Waals surface area contributed by atoms with E-state index in [0.29, 0.717) is 13.2 Å². The van der Waals surface area contributed by atoms with Gasteiger partial charge in [0.2, 0.25) is 0 Å². The Hall–Kier alpha value is -2.15. The highest BCUT2D eigenvalue weighted by atomic mass is 16.5. The molecule has 0 radical (unpaired) electrons. The van der Waals surface area contributed by atoms with Gasteiger partial charge in [0.05, 0.1) is 17.4 Å². The van der Waals surface area contributed by atoms with Gasteiger partial charge in [-0.2, -0.15) is 0 Å². The number of hydrogen-bond donors (Lipinski definition) is 5. The normalized spacial score (nSPS) is 20.1. The van der Waals surface area contributed by atoms with E-state index in [1.54, 1.807) is 0 Å². The van der Waals surface area contributed by atoms with Crippen molar-refractivity contribution in [3.05, 3.63) is 23.5 Å². The highest BCUT2D eigenvalue weighted by molar-refractivity contribution is 6.32. The van der Waals surface area contributed by atoms with Gasteiger partial charge < -0.3 is 26.9 Å². The molecular formula is C12H19N5O2. The van der Waals surface area contributed by atoms with Gasteiger partial charge in [-0.15, -0.1) is 0 Å². The van der Waals surface area contributed by atoms with Crippen LogP contribution in [0.25, 0.3) is 0 Å². The lowest BCUT2D eigenvalue weighted by Gasteiger charge is -2.13. The van der Waals surface area contributed by atoms with Gasteiger partial charge in [0.15, 0.2) is 0 Å². The van der Waals surface area contributed by atoms with E-state index in [2.05, 4.69) is 5.32 Å². The van der Waals surface area contributed by atoms with Crippen LogP contribution in [0.15, 0.2) is 23.5 Å². The molecule has 0 aliphatic carbocycles. The number of carbonyl (C=O) groups is 1. The smallest absolute Gasteiger partial charge is 0.255 e. The minimum absolute atomic E-state index is 0.0156. The predicted octanol–water partition coefficient (Wildman–Crippen LogP) is -0.364. The molecular weight excluding hydrogens is 246 g/mol. The fourth-order valence-electron chi connectivity index (χ4n) is 1.74. The van der Waals surface area contributed by atoms with Crippen molar-refractivity contribution in [3.8, 4) is 0 Å². The van der Waals surface area contributed by atoms with Gasteiger partial charge in [-0.3, -0.25) is 10.2 Å². The zero-order valence-corrected chi connectivity index (χ0v) is 10.6. The van der Waals surface area contributed by atoms with Crippen LogP contribution in [-0.2, 0) is 9.53 Å². The van der Waals surface area contributed by atoms with E-state index < -0.39 is 5.91 Å². The standard InChI is InChI=1S/C12H19N5O2/c13-4-8(5-14)11(16)10(6-15)12(18)17-7-9-2-1-3-19-9/h4-6,9,13,16H,1-3,7,14-15H2,(H,17,18)/b8-5+,10-6+,13-4?,16-11?. The lowest BCUT2D eigenvalue weighted by atomic mass is 10.0. The molecule has 104 valence electrons. The maximum atomic E-state index is 11.9. The Morgan fingerprint density at radius 3 is 2.63 bits per heavy atom. The lowest BCUT2D eigenvalue weighted by molar-refractivity contribution is -0.117. The number of amides is 1. The third-order valence-corrected chi connectivity index (χ3v) is 2.82. The SMILES string of the molecule is N=C/C(=C\N)C(=N)/C(=C\N)C(=O)NCC1CCCO1. The van der Waals surface area contributed by atoms with Gasteiger partial charge in [0.1, 0.15) is 0 Å². The molecule has 0 aromatic heterocycles. The first-order valence-electron chi connectivity index (χ1n) is 5.97. The Balaban J connectivity index is 2.61. The molecule has 7 nitrogen and oxygen atoms in total. The number of hydrogen-bond acceptors (Lipinski definition) is 6. The summed E-state index contributed by atoms with van der Waals surface area (Å²) in [6.07, 6.45) is 4.95. The summed E-state index contributed by atoms with van der Waals surface area (Å²) in [5, 5.41) is 17.5. The number of rotatable bonds is 6. The summed E-state index contributed by atoms with van der Waals surface area (Å²) >= 11 is 0. The van der Waals surface area contributed by atoms with Crippen LogP contribution < -0.4 is 16.8 Å². The first-order valence-corrected chi connectivity index (χ1v) is 5.97. The third kappa shape index (κ3) is 3.92. The van der Waals surface area contributed by atoms with Crippen LogP contribution in [0.1, 0.15) is 12.8 Å². The first-order chi connectivity index (χ1) is 9.13. The zero-order valence-electron chi connectivity index (χ0n) is 10.6. The van der Waals surface area contributed by atoms with Gasteiger partial charge in [0.25, 0.3) is 5.91 Å². The van der Waals surface area contributed by atoms with Crippen molar-refractivity contribution in [2.75, 3.05) is 13.2 Å². The minimum atomic E-state index is -0.468. The number of allylic oxidation sites excluding steroid dienone is 1. The Morgan fingerprint density at radius 2 is 2.16 bits per heavy atom. The Kier molecular flexibility index (Phi) is 5.74. The first kappa shape index (κ1) is 14.9. The molecule has 1 heterocycles. The fraction of sp³-hybridized carbons (Fsp3) is 0.417. The second kappa shape index (κ2) is 7.32. The van der Waals surface area contributed by atoms with E-state index >= 15 is 0 Å². The van der Waals surface area contributed by atoms with Crippen molar-refractivity contribution in [3.63, 3.8) is 0 Å². The summed E-state index contributed by atoms with van der Waals surface area (Å²) in [4.78, 5) is 11.9. The molecule has 1 atom stereocenters. The van der Waals surface area contributed by atoms with Gasteiger partial charge in [0, 0.05) is 37.3 Å². The molecule has 0 saturated carbocycles. The number of carbonyl (C=O) groups excluding carboxylic acids is 1. The molecule has 1 unspecified atom stereocenters. The predicted molar refractivity (Wildman–Crippen MR) is 73.0 cm³/mol. The molecule has 1 aliphatic rings. The Morgan fingerprint density at radius 1 is 1.42 bits per heavy atom. The number of ether oxygens (including phenoxy) is 1. The van der Waals surface area contributed by atoms with Crippen molar-refractivity contribution in [1.82, 2.24) is 5.32 Å². The summed E-state index contributed by atoms with van der Waals surface area (Å²) in [6, 6.07) is 0. The summed E-state index contributed by atoms with van der Waals surface area (Å²) in [5.41, 5.74) is 10.6. The maximum Gasteiger partial charge on any atom is 0.255 e. The quantitative estimate of drug-likeness (QED) is 0.330. The second-order valence-electron chi connectivity index (χ2n) is 4.07. The van der Waals surface area contributed by atoms with E-state index in [9.17, 15) is 4.79 Å². The average Bonchev–Trinajstić information content (AvgIpc) is 2.92. The van der Waals surface area contributed by atoms with Gasteiger partial charge in [-0.05, 0) is 12.8 Å². The molecule has 0 aromatic carbocycles. The summed E-state index contributed by atoms with van der Waals surface area (Å²) < 4.78 is 5.38.